The van der Waals surface area contributed by atoms with Crippen LogP contribution in [0.3, 0.4) is 0 Å². The predicted octanol–water partition coefficient (Wildman–Crippen LogP) is 17.2. The van der Waals surface area contributed by atoms with Crippen LogP contribution in [0.1, 0.15) is 147 Å². The quantitative estimate of drug-likeness (QED) is 0.0215. The zero-order chi connectivity index (χ0) is 63.8. The van der Waals surface area contributed by atoms with Crippen molar-refractivity contribution in [2.45, 2.75) is 155 Å². The average Bonchev–Trinajstić information content (AvgIpc) is 3.79. The van der Waals surface area contributed by atoms with Crippen molar-refractivity contribution in [3.05, 3.63) is 240 Å². The third-order valence-corrected chi connectivity index (χ3v) is 15.8. The summed E-state index contributed by atoms with van der Waals surface area (Å²) in [7, 11) is 0. The van der Waals surface area contributed by atoms with Crippen molar-refractivity contribution >= 4 is 0 Å². The van der Waals surface area contributed by atoms with Gasteiger partial charge in [-0.3, -0.25) is 0 Å². The lowest BCUT2D eigenvalue weighted by atomic mass is 10.1. The highest BCUT2D eigenvalue weighted by molar-refractivity contribution is 5.34. The molecule has 0 aliphatic rings. The van der Waals surface area contributed by atoms with Crippen LogP contribution in [0.2, 0.25) is 0 Å². The molecule has 7 aromatic carbocycles. The van der Waals surface area contributed by atoms with E-state index in [0.717, 1.165) is 126 Å². The normalized spacial score (nSPS) is 11.1. The van der Waals surface area contributed by atoms with Crippen LogP contribution in [0.4, 0.5) is 0 Å². The molecule has 0 radical (unpaired) electrons. The van der Waals surface area contributed by atoms with E-state index in [2.05, 4.69) is 156 Å². The van der Waals surface area contributed by atoms with Gasteiger partial charge in [0, 0.05) is 58.4 Å². The largest absolute Gasteiger partial charge is 0.494 e. The van der Waals surface area contributed by atoms with E-state index in [1.54, 1.807) is 0 Å². The standard InChI is InChI=1S/C80H106N4O8/c1-3-5-7-9-11-13-15-17-19-48-87-75-40-32-71(33-41-75)63-81-59-67-24-28-69(29-25-67)61-83-65-73-36-44-77(45-37-73)89-54-50-85-52-56-91-79-22-21-23-80(58-79)92-57-53-86-51-55-90-78-46-38-74(39-47-78)66-84-62-70-30-26-68(27-31-70)60-82-64-72-34-42-76(43-35-72)88-49-20-18-16-14-12-10-8-6-4-2/h3-4,21-47,58,81-84H,1-2,5-20,48-57,59-66H2. The number of benzene rings is 7. The second kappa shape index (κ2) is 46.6. The first kappa shape index (κ1) is 72.0. The number of hydrogen-bond donors (Lipinski definition) is 4. The van der Waals surface area contributed by atoms with E-state index in [9.17, 15) is 0 Å². The van der Waals surface area contributed by atoms with Crippen molar-refractivity contribution in [2.24, 2.45) is 0 Å². The summed E-state index contributed by atoms with van der Waals surface area (Å²) in [6.07, 6.45) is 24.1. The van der Waals surface area contributed by atoms with Gasteiger partial charge >= 0.3 is 0 Å². The molecule has 494 valence electrons. The van der Waals surface area contributed by atoms with Crippen LogP contribution in [-0.4, -0.2) is 66.1 Å². The number of unbranched alkanes of at least 4 members (excludes halogenated alkanes) is 14. The van der Waals surface area contributed by atoms with Gasteiger partial charge in [0.05, 0.1) is 39.6 Å². The Morgan fingerprint density at radius 1 is 0.228 bits per heavy atom. The van der Waals surface area contributed by atoms with Crippen LogP contribution in [0, 0.1) is 0 Å². The maximum absolute atomic E-state index is 5.98. The summed E-state index contributed by atoms with van der Waals surface area (Å²) in [5, 5.41) is 14.3. The lowest BCUT2D eigenvalue weighted by Crippen LogP contribution is -2.14. The smallest absolute Gasteiger partial charge is 0.123 e. The van der Waals surface area contributed by atoms with Gasteiger partial charge in [-0.2, -0.15) is 0 Å². The monoisotopic (exact) mass is 1250 g/mol. The van der Waals surface area contributed by atoms with Gasteiger partial charge in [-0.25, -0.2) is 0 Å². The molecule has 0 aliphatic heterocycles. The lowest BCUT2D eigenvalue weighted by molar-refractivity contribution is 0.0747. The van der Waals surface area contributed by atoms with Gasteiger partial charge in [-0.15, -0.1) is 13.2 Å². The number of hydrogen-bond acceptors (Lipinski definition) is 12. The van der Waals surface area contributed by atoms with E-state index < -0.39 is 0 Å². The second-order valence-electron chi connectivity index (χ2n) is 23.5. The molecule has 0 aliphatic carbocycles. The molecule has 0 saturated carbocycles. The Bertz CT molecular complexity index is 2780. The summed E-state index contributed by atoms with van der Waals surface area (Å²) in [4.78, 5) is 0. The van der Waals surface area contributed by atoms with Crippen LogP contribution < -0.4 is 49.7 Å². The van der Waals surface area contributed by atoms with Crippen molar-refractivity contribution < 1.29 is 37.9 Å². The van der Waals surface area contributed by atoms with Crippen molar-refractivity contribution in [3.8, 4) is 34.5 Å². The zero-order valence-corrected chi connectivity index (χ0v) is 55.0. The maximum atomic E-state index is 5.98. The molecule has 0 fully saturated rings. The Hall–Kier alpha value is -7.42. The van der Waals surface area contributed by atoms with Crippen LogP contribution in [0.15, 0.2) is 195 Å². The number of rotatable bonds is 54. The first-order chi connectivity index (χ1) is 45.6. The lowest BCUT2D eigenvalue weighted by Gasteiger charge is -2.11. The highest BCUT2D eigenvalue weighted by atomic mass is 16.6. The van der Waals surface area contributed by atoms with Crippen LogP contribution in [-0.2, 0) is 61.8 Å². The number of allylic oxidation sites excluding steroid dienone is 2. The molecule has 12 heteroatoms. The van der Waals surface area contributed by atoms with Gasteiger partial charge in [0.1, 0.15) is 60.9 Å². The van der Waals surface area contributed by atoms with Crippen LogP contribution in [0.25, 0.3) is 0 Å². The minimum absolute atomic E-state index is 0.418. The molecule has 7 aromatic rings. The Balaban J connectivity index is 0.624. The fraction of sp³-hybridized carbons (Fsp3) is 0.425. The summed E-state index contributed by atoms with van der Waals surface area (Å²) in [5.74, 6) is 4.98. The van der Waals surface area contributed by atoms with Gasteiger partial charge in [0.15, 0.2) is 0 Å². The Kier molecular flexibility index (Phi) is 36.5. The molecule has 92 heavy (non-hydrogen) atoms. The molecule has 0 atom stereocenters. The van der Waals surface area contributed by atoms with Crippen molar-refractivity contribution in [1.82, 2.24) is 21.3 Å². The van der Waals surface area contributed by atoms with Gasteiger partial charge in [-0.1, -0.05) is 179 Å². The molecule has 4 N–H and O–H groups in total. The third-order valence-electron chi connectivity index (χ3n) is 15.8. The Labute approximate surface area is 551 Å². The Morgan fingerprint density at radius 3 is 0.707 bits per heavy atom. The average molecular weight is 1250 g/mol. The molecule has 0 heterocycles. The fourth-order valence-electron chi connectivity index (χ4n) is 10.4. The highest BCUT2D eigenvalue weighted by Gasteiger charge is 2.06. The molecule has 0 aromatic heterocycles. The van der Waals surface area contributed by atoms with Gasteiger partial charge in [-0.05, 0) is 144 Å². The summed E-state index contributed by atoms with van der Waals surface area (Å²) >= 11 is 0. The van der Waals surface area contributed by atoms with Gasteiger partial charge in [0.25, 0.3) is 0 Å². The number of nitrogens with one attached hydrogen (secondary N) is 4. The minimum Gasteiger partial charge on any atom is -0.494 e. The van der Waals surface area contributed by atoms with Crippen molar-refractivity contribution in [3.63, 3.8) is 0 Å². The molecule has 0 bridgehead atoms. The fourth-order valence-corrected chi connectivity index (χ4v) is 10.4. The van der Waals surface area contributed by atoms with E-state index >= 15 is 0 Å². The molecular weight excluding hydrogens is 1140 g/mol. The zero-order valence-electron chi connectivity index (χ0n) is 55.0. The molecule has 0 spiro atoms. The minimum atomic E-state index is 0.418. The summed E-state index contributed by atoms with van der Waals surface area (Å²) in [6, 6.07) is 58.6. The SMILES string of the molecule is C=CCCCCCCCCCOc1ccc(CNCc2ccc(CNCc3ccc(OCCOCCOc4cccc(OCCOCCOc5ccc(CNCc6ccc(CNCc7ccc(OCCCCCCCCCC=C)cc7)cc6)cc5)c4)cc3)cc2)cc1. The summed E-state index contributed by atoms with van der Waals surface area (Å²) in [5.41, 5.74) is 9.96. The first-order valence-electron chi connectivity index (χ1n) is 34.2. The van der Waals surface area contributed by atoms with E-state index in [4.69, 9.17) is 37.9 Å². The van der Waals surface area contributed by atoms with E-state index in [0.29, 0.717) is 52.9 Å². The van der Waals surface area contributed by atoms with Crippen molar-refractivity contribution in [1.29, 1.82) is 0 Å². The topological polar surface area (TPSA) is 122 Å². The second-order valence-corrected chi connectivity index (χ2v) is 23.5. The molecular formula is C80H106N4O8. The van der Waals surface area contributed by atoms with E-state index in [1.165, 1.54) is 122 Å². The first-order valence-corrected chi connectivity index (χ1v) is 34.2. The molecule has 0 amide bonds. The van der Waals surface area contributed by atoms with Crippen molar-refractivity contribution in [2.75, 3.05) is 66.1 Å². The van der Waals surface area contributed by atoms with E-state index in [-0.39, 0.29) is 0 Å². The van der Waals surface area contributed by atoms with Crippen LogP contribution in [0.5, 0.6) is 34.5 Å². The summed E-state index contributed by atoms with van der Waals surface area (Å²) in [6.45, 7) is 19.2. The molecule has 12 nitrogen and oxygen atoms in total. The van der Waals surface area contributed by atoms with Gasteiger partial charge < -0.3 is 59.2 Å². The Morgan fingerprint density at radius 2 is 0.446 bits per heavy atom. The molecule has 7 rings (SSSR count). The van der Waals surface area contributed by atoms with Crippen LogP contribution >= 0.6 is 0 Å². The third kappa shape index (κ3) is 32.2. The maximum Gasteiger partial charge on any atom is 0.123 e. The van der Waals surface area contributed by atoms with Gasteiger partial charge in [0.2, 0.25) is 0 Å². The summed E-state index contributed by atoms with van der Waals surface area (Å²) < 4.78 is 47.2. The molecule has 0 unspecified atom stereocenters. The molecule has 0 saturated heterocycles. The highest BCUT2D eigenvalue weighted by Crippen LogP contribution is 2.21. The van der Waals surface area contributed by atoms with E-state index in [1.807, 2.05) is 60.7 Å². The number of ether oxygens (including phenoxy) is 8. The predicted molar refractivity (Wildman–Crippen MR) is 376 cm³/mol.